The summed E-state index contributed by atoms with van der Waals surface area (Å²) >= 11 is 1.54. The minimum Gasteiger partial charge on any atom is -0.394 e. The summed E-state index contributed by atoms with van der Waals surface area (Å²) in [6.07, 6.45) is 1.71. The van der Waals surface area contributed by atoms with Gasteiger partial charge in [-0.15, -0.1) is 11.3 Å². The van der Waals surface area contributed by atoms with Gasteiger partial charge in [-0.2, -0.15) is 0 Å². The van der Waals surface area contributed by atoms with E-state index >= 15 is 0 Å². The summed E-state index contributed by atoms with van der Waals surface area (Å²) in [7, 11) is -3.21. The zero-order valence-corrected chi connectivity index (χ0v) is 16.2. The molecular weight excluding hydrogens is 374 g/mol. The van der Waals surface area contributed by atoms with Gasteiger partial charge in [0.1, 0.15) is 6.10 Å². The summed E-state index contributed by atoms with van der Waals surface area (Å²) in [6.45, 7) is 0.483. The van der Waals surface area contributed by atoms with Gasteiger partial charge in [0, 0.05) is 24.1 Å². The first-order valence-corrected chi connectivity index (χ1v) is 11.0. The Morgan fingerprint density at radius 1 is 1.27 bits per heavy atom. The smallest absolute Gasteiger partial charge is 0.220 e. The number of aliphatic hydroxyl groups is 1. The van der Waals surface area contributed by atoms with Gasteiger partial charge >= 0.3 is 0 Å². The fourth-order valence-corrected chi connectivity index (χ4v) is 3.77. The molecule has 0 aliphatic rings. The molecule has 1 aromatic heterocycles. The van der Waals surface area contributed by atoms with Crippen LogP contribution in [0.2, 0.25) is 0 Å². The number of benzene rings is 1. The standard InChI is InChI=1S/C18H23NO5S2/c1-26(22,23)15-7-4-14(5-8-15)6-9-18(21)19-13-16(24-11-10-20)17-3-2-12-25-17/h2-5,7-8,12,16,20H,6,9-11,13H2,1H3,(H,19,21)/t16-/m0/s1. The normalized spacial score (nSPS) is 12.7. The Morgan fingerprint density at radius 3 is 2.58 bits per heavy atom. The number of hydrogen-bond donors (Lipinski definition) is 2. The quantitative estimate of drug-likeness (QED) is 0.639. The summed E-state index contributed by atoms with van der Waals surface area (Å²) in [5, 5.41) is 13.7. The Bertz CT molecular complexity index is 785. The number of aliphatic hydroxyl groups excluding tert-OH is 1. The number of nitrogens with one attached hydrogen (secondary N) is 1. The molecule has 1 amide bonds. The highest BCUT2D eigenvalue weighted by atomic mass is 32.2. The Labute approximate surface area is 157 Å². The van der Waals surface area contributed by atoms with Crippen LogP contribution in [-0.4, -0.2) is 45.4 Å². The minimum absolute atomic E-state index is 0.0701. The highest BCUT2D eigenvalue weighted by Gasteiger charge is 2.14. The van der Waals surface area contributed by atoms with Crippen molar-refractivity contribution in [1.82, 2.24) is 5.32 Å². The molecule has 0 aliphatic carbocycles. The fourth-order valence-electron chi connectivity index (χ4n) is 2.37. The molecule has 0 radical (unpaired) electrons. The first-order chi connectivity index (χ1) is 12.4. The van der Waals surface area contributed by atoms with Gasteiger partial charge in [-0.05, 0) is 35.6 Å². The molecule has 0 saturated heterocycles. The van der Waals surface area contributed by atoms with E-state index in [9.17, 15) is 13.2 Å². The zero-order valence-electron chi connectivity index (χ0n) is 14.6. The molecule has 8 heteroatoms. The van der Waals surface area contributed by atoms with Crippen LogP contribution >= 0.6 is 11.3 Å². The third-order valence-corrected chi connectivity index (χ3v) is 5.84. The number of aryl methyl sites for hydroxylation is 1. The van der Waals surface area contributed by atoms with Gasteiger partial charge in [-0.3, -0.25) is 4.79 Å². The number of carbonyl (C=O) groups is 1. The van der Waals surface area contributed by atoms with Crippen LogP contribution in [0, 0.1) is 0 Å². The lowest BCUT2D eigenvalue weighted by molar-refractivity contribution is -0.121. The van der Waals surface area contributed by atoms with Crippen LogP contribution in [0.25, 0.3) is 0 Å². The maximum Gasteiger partial charge on any atom is 0.220 e. The van der Waals surface area contributed by atoms with E-state index in [2.05, 4.69) is 5.32 Å². The molecule has 0 bridgehead atoms. The molecule has 0 unspecified atom stereocenters. The highest BCUT2D eigenvalue weighted by Crippen LogP contribution is 2.21. The Balaban J connectivity index is 1.82. The molecule has 0 aliphatic heterocycles. The van der Waals surface area contributed by atoms with Crippen LogP contribution in [0.3, 0.4) is 0 Å². The van der Waals surface area contributed by atoms with Gasteiger partial charge in [-0.1, -0.05) is 18.2 Å². The molecule has 0 fully saturated rings. The lowest BCUT2D eigenvalue weighted by Gasteiger charge is -2.17. The van der Waals surface area contributed by atoms with Crippen molar-refractivity contribution in [2.75, 3.05) is 26.0 Å². The van der Waals surface area contributed by atoms with Crippen molar-refractivity contribution in [3.8, 4) is 0 Å². The summed E-state index contributed by atoms with van der Waals surface area (Å²) in [6, 6.07) is 10.4. The van der Waals surface area contributed by atoms with Crippen LogP contribution in [-0.2, 0) is 25.8 Å². The minimum atomic E-state index is -3.21. The van der Waals surface area contributed by atoms with Gasteiger partial charge in [0.15, 0.2) is 9.84 Å². The van der Waals surface area contributed by atoms with E-state index in [1.807, 2.05) is 17.5 Å². The largest absolute Gasteiger partial charge is 0.394 e. The molecule has 2 aromatic rings. The summed E-state index contributed by atoms with van der Waals surface area (Å²) in [5.41, 5.74) is 0.902. The molecule has 2 N–H and O–H groups in total. The lowest BCUT2D eigenvalue weighted by Crippen LogP contribution is -2.29. The van der Waals surface area contributed by atoms with Gasteiger partial charge in [0.2, 0.25) is 5.91 Å². The van der Waals surface area contributed by atoms with Crippen molar-refractivity contribution >= 4 is 27.1 Å². The predicted octanol–water partition coefficient (Wildman–Crippen LogP) is 1.95. The third-order valence-electron chi connectivity index (χ3n) is 3.75. The lowest BCUT2D eigenvalue weighted by atomic mass is 10.1. The van der Waals surface area contributed by atoms with Gasteiger partial charge in [-0.25, -0.2) is 8.42 Å². The number of carbonyl (C=O) groups excluding carboxylic acids is 1. The first kappa shape index (κ1) is 20.6. The molecule has 1 aromatic carbocycles. The van der Waals surface area contributed by atoms with E-state index in [1.54, 1.807) is 24.3 Å². The molecule has 0 spiro atoms. The van der Waals surface area contributed by atoms with Gasteiger partial charge < -0.3 is 15.2 Å². The molecule has 2 rings (SSSR count). The number of ether oxygens (including phenoxy) is 1. The van der Waals surface area contributed by atoms with Crippen molar-refractivity contribution in [3.05, 3.63) is 52.2 Å². The van der Waals surface area contributed by atoms with Crippen LogP contribution in [0.1, 0.15) is 23.0 Å². The van der Waals surface area contributed by atoms with Gasteiger partial charge in [0.05, 0.1) is 18.1 Å². The number of rotatable bonds is 10. The molecule has 6 nitrogen and oxygen atoms in total. The average molecular weight is 398 g/mol. The topological polar surface area (TPSA) is 92.7 Å². The predicted molar refractivity (Wildman–Crippen MR) is 101 cm³/mol. The number of hydrogen-bond acceptors (Lipinski definition) is 6. The second-order valence-electron chi connectivity index (χ2n) is 5.82. The summed E-state index contributed by atoms with van der Waals surface area (Å²) in [4.78, 5) is 13.3. The molecule has 26 heavy (non-hydrogen) atoms. The highest BCUT2D eigenvalue weighted by molar-refractivity contribution is 7.90. The Hall–Kier alpha value is -1.74. The molecule has 1 heterocycles. The van der Waals surface area contributed by atoms with Crippen molar-refractivity contribution in [2.24, 2.45) is 0 Å². The van der Waals surface area contributed by atoms with Crippen LogP contribution in [0.5, 0.6) is 0 Å². The van der Waals surface area contributed by atoms with Gasteiger partial charge in [0.25, 0.3) is 0 Å². The van der Waals surface area contributed by atoms with Crippen LogP contribution < -0.4 is 5.32 Å². The van der Waals surface area contributed by atoms with Crippen molar-refractivity contribution in [1.29, 1.82) is 0 Å². The van der Waals surface area contributed by atoms with Crippen molar-refractivity contribution < 1.29 is 23.1 Å². The monoisotopic (exact) mass is 397 g/mol. The summed E-state index contributed by atoms with van der Waals surface area (Å²) in [5.74, 6) is -0.105. The number of sulfone groups is 1. The van der Waals surface area contributed by atoms with E-state index in [4.69, 9.17) is 9.84 Å². The maximum absolute atomic E-state index is 12.1. The average Bonchev–Trinajstić information content (AvgIpc) is 3.14. The van der Waals surface area contributed by atoms with E-state index < -0.39 is 9.84 Å². The molecule has 0 saturated carbocycles. The Kier molecular flexibility index (Phi) is 7.77. The third kappa shape index (κ3) is 6.53. The van der Waals surface area contributed by atoms with Crippen molar-refractivity contribution in [2.45, 2.75) is 23.8 Å². The van der Waals surface area contributed by atoms with E-state index in [0.29, 0.717) is 19.4 Å². The number of amides is 1. The second kappa shape index (κ2) is 9.82. The van der Waals surface area contributed by atoms with Crippen LogP contribution in [0.15, 0.2) is 46.7 Å². The van der Waals surface area contributed by atoms with Crippen LogP contribution in [0.4, 0.5) is 0 Å². The molecular formula is C18H23NO5S2. The van der Waals surface area contributed by atoms with Crippen molar-refractivity contribution in [3.63, 3.8) is 0 Å². The fraction of sp³-hybridized carbons (Fsp3) is 0.389. The second-order valence-corrected chi connectivity index (χ2v) is 8.81. The maximum atomic E-state index is 12.1. The first-order valence-electron chi connectivity index (χ1n) is 8.21. The molecule has 1 atom stereocenters. The van der Waals surface area contributed by atoms with E-state index in [-0.39, 0.29) is 30.1 Å². The zero-order chi connectivity index (χ0) is 19.0. The molecule has 142 valence electrons. The Morgan fingerprint density at radius 2 is 2.00 bits per heavy atom. The number of thiophene rings is 1. The van der Waals surface area contributed by atoms with E-state index in [1.165, 1.54) is 17.6 Å². The summed E-state index contributed by atoms with van der Waals surface area (Å²) < 4.78 is 28.5. The SMILES string of the molecule is CS(=O)(=O)c1ccc(CCC(=O)NC[C@H](OCCO)c2cccs2)cc1. The van der Waals surface area contributed by atoms with E-state index in [0.717, 1.165) is 10.4 Å².